The van der Waals surface area contributed by atoms with Crippen molar-refractivity contribution in [2.24, 2.45) is 11.8 Å². The van der Waals surface area contributed by atoms with E-state index >= 15 is 0 Å². The monoisotopic (exact) mass is 588 g/mol. The molecule has 0 aliphatic carbocycles. The number of nitrogens with zero attached hydrogens (tertiary/aromatic N) is 2. The van der Waals surface area contributed by atoms with E-state index in [2.05, 4.69) is 15.6 Å². The van der Waals surface area contributed by atoms with Gasteiger partial charge in [-0.1, -0.05) is 64.4 Å². The molecule has 0 aliphatic rings. The number of thiazole rings is 1. The smallest absolute Gasteiger partial charge is 0.243 e. The number of fused-ring (bicyclic) bond motifs is 1. The number of nitrogens with one attached hydrogen (secondary N) is 2. The van der Waals surface area contributed by atoms with Gasteiger partial charge in [0.05, 0.1) is 32.8 Å². The van der Waals surface area contributed by atoms with Gasteiger partial charge in [-0.05, 0) is 42.0 Å². The van der Waals surface area contributed by atoms with Crippen molar-refractivity contribution in [3.8, 4) is 0 Å². The summed E-state index contributed by atoms with van der Waals surface area (Å²) in [5, 5.41) is 17.1. The number of aliphatic hydroxyl groups excluding tert-OH is 1. The summed E-state index contributed by atoms with van der Waals surface area (Å²) in [5.74, 6) is -0.918. The lowest BCUT2D eigenvalue weighted by Gasteiger charge is -2.32. The molecule has 0 fully saturated rings. The largest absolute Gasteiger partial charge is 0.390 e. The Hall–Kier alpha value is -2.86. The van der Waals surface area contributed by atoms with E-state index < -0.39 is 34.1 Å². The number of hydrogen-bond donors (Lipinski definition) is 3. The van der Waals surface area contributed by atoms with Crippen LogP contribution in [0.5, 0.6) is 0 Å². The molecule has 40 heavy (non-hydrogen) atoms. The number of benzene rings is 2. The highest BCUT2D eigenvalue weighted by Gasteiger charge is 2.33. The van der Waals surface area contributed by atoms with E-state index in [1.165, 1.54) is 28.6 Å². The molecule has 3 rings (SSSR count). The Morgan fingerprint density at radius 1 is 1.05 bits per heavy atom. The van der Waals surface area contributed by atoms with Gasteiger partial charge in [0.2, 0.25) is 21.8 Å². The van der Waals surface area contributed by atoms with Gasteiger partial charge in [0.25, 0.3) is 0 Å². The Bertz CT molecular complexity index is 1380. The summed E-state index contributed by atoms with van der Waals surface area (Å²) < 4.78 is 29.8. The molecule has 218 valence electrons. The number of carbonyl (C=O) groups excluding carboxylic acids is 2. The van der Waals surface area contributed by atoms with Gasteiger partial charge in [0.15, 0.2) is 0 Å². The standard InChI is InChI=1S/C29H40N4O5S2/c1-6-20(4)16-33(40(37,38)23-12-13-24-27(15-23)39-18-30-24)17-26(35)25(14-22-10-8-7-9-11-22)32-29(36)28(19(2)3)31-21(5)34/h7-13,15,18-20,25-26,28,35H,6,14,16-17H2,1-5H3,(H,31,34)(H,32,36). The highest BCUT2D eigenvalue weighted by Crippen LogP contribution is 2.25. The topological polar surface area (TPSA) is 129 Å². The van der Waals surface area contributed by atoms with Crippen molar-refractivity contribution in [3.63, 3.8) is 0 Å². The second-order valence-electron chi connectivity index (χ2n) is 10.6. The van der Waals surface area contributed by atoms with Crippen molar-refractivity contribution < 1.29 is 23.1 Å². The molecule has 2 amide bonds. The zero-order chi connectivity index (χ0) is 29.4. The van der Waals surface area contributed by atoms with Crippen LogP contribution in [-0.4, -0.2) is 65.9 Å². The molecule has 4 unspecified atom stereocenters. The highest BCUT2D eigenvalue weighted by atomic mass is 32.2. The van der Waals surface area contributed by atoms with Crippen LogP contribution in [0.1, 0.15) is 46.6 Å². The van der Waals surface area contributed by atoms with E-state index in [0.29, 0.717) is 0 Å². The molecule has 0 bridgehead atoms. The van der Waals surface area contributed by atoms with Crippen molar-refractivity contribution in [1.82, 2.24) is 19.9 Å². The molecule has 1 heterocycles. The first-order valence-corrected chi connectivity index (χ1v) is 15.9. The van der Waals surface area contributed by atoms with Crippen LogP contribution in [0.25, 0.3) is 10.2 Å². The molecule has 0 aliphatic heterocycles. The molecule has 11 heteroatoms. The van der Waals surface area contributed by atoms with Crippen molar-refractivity contribution in [2.45, 2.75) is 70.5 Å². The van der Waals surface area contributed by atoms with Crippen molar-refractivity contribution >= 4 is 43.4 Å². The normalized spacial score (nSPS) is 15.1. The summed E-state index contributed by atoms with van der Waals surface area (Å²) in [6.07, 6.45) is -0.185. The summed E-state index contributed by atoms with van der Waals surface area (Å²) in [6, 6.07) is 12.6. The predicted molar refractivity (Wildman–Crippen MR) is 158 cm³/mol. The maximum atomic E-state index is 13.9. The average molecular weight is 589 g/mol. The summed E-state index contributed by atoms with van der Waals surface area (Å²) in [4.78, 5) is 29.4. The van der Waals surface area contributed by atoms with E-state index in [9.17, 15) is 23.1 Å². The fourth-order valence-electron chi connectivity index (χ4n) is 4.41. The molecule has 0 saturated carbocycles. The Labute approximate surface area is 241 Å². The first kappa shape index (κ1) is 31.7. The lowest BCUT2D eigenvalue weighted by atomic mass is 9.98. The van der Waals surface area contributed by atoms with E-state index in [4.69, 9.17) is 0 Å². The highest BCUT2D eigenvalue weighted by molar-refractivity contribution is 7.89. The molecule has 0 spiro atoms. The Balaban J connectivity index is 1.92. The zero-order valence-electron chi connectivity index (χ0n) is 23.7. The molecule has 3 N–H and O–H groups in total. The summed E-state index contributed by atoms with van der Waals surface area (Å²) >= 11 is 1.36. The van der Waals surface area contributed by atoms with Crippen molar-refractivity contribution in [2.75, 3.05) is 13.1 Å². The van der Waals surface area contributed by atoms with Crippen LogP contribution < -0.4 is 10.6 Å². The number of sulfonamides is 1. The minimum atomic E-state index is -3.97. The second kappa shape index (κ2) is 14.2. The third kappa shape index (κ3) is 8.33. The number of rotatable bonds is 14. The van der Waals surface area contributed by atoms with Gasteiger partial charge in [-0.2, -0.15) is 4.31 Å². The lowest BCUT2D eigenvalue weighted by molar-refractivity contribution is -0.130. The average Bonchev–Trinajstić information content (AvgIpc) is 3.39. The molecule has 9 nitrogen and oxygen atoms in total. The van der Waals surface area contributed by atoms with Crippen LogP contribution in [-0.2, 0) is 26.0 Å². The number of aliphatic hydroxyl groups is 1. The fourth-order valence-corrected chi connectivity index (χ4v) is 6.80. The Morgan fingerprint density at radius 3 is 2.38 bits per heavy atom. The Kier molecular flexibility index (Phi) is 11.2. The predicted octanol–water partition coefficient (Wildman–Crippen LogP) is 3.58. The van der Waals surface area contributed by atoms with E-state index in [1.807, 2.05) is 58.0 Å². The van der Waals surface area contributed by atoms with E-state index in [1.54, 1.807) is 17.6 Å². The third-order valence-corrected chi connectivity index (χ3v) is 9.56. The number of carbonyl (C=O) groups is 2. The van der Waals surface area contributed by atoms with Crippen molar-refractivity contribution in [3.05, 3.63) is 59.6 Å². The van der Waals surface area contributed by atoms with Crippen LogP contribution >= 0.6 is 11.3 Å². The van der Waals surface area contributed by atoms with Crippen LogP contribution in [0.3, 0.4) is 0 Å². The van der Waals surface area contributed by atoms with Gasteiger partial charge < -0.3 is 15.7 Å². The first-order chi connectivity index (χ1) is 18.9. The lowest BCUT2D eigenvalue weighted by Crippen LogP contribution is -2.56. The van der Waals surface area contributed by atoms with Crippen LogP contribution in [0.15, 0.2) is 58.9 Å². The molecule has 2 aromatic carbocycles. The van der Waals surface area contributed by atoms with Gasteiger partial charge in [0.1, 0.15) is 6.04 Å². The third-order valence-electron chi connectivity index (χ3n) is 6.94. The summed E-state index contributed by atoms with van der Waals surface area (Å²) in [5.41, 5.74) is 3.27. The van der Waals surface area contributed by atoms with Gasteiger partial charge in [-0.3, -0.25) is 9.59 Å². The van der Waals surface area contributed by atoms with Crippen LogP contribution in [0.4, 0.5) is 0 Å². The molecule has 0 saturated heterocycles. The zero-order valence-corrected chi connectivity index (χ0v) is 25.3. The van der Waals surface area contributed by atoms with Gasteiger partial charge in [-0.25, -0.2) is 13.4 Å². The van der Waals surface area contributed by atoms with Gasteiger partial charge in [-0.15, -0.1) is 11.3 Å². The summed E-state index contributed by atoms with van der Waals surface area (Å²) in [7, 11) is -3.97. The molecular formula is C29H40N4O5S2. The molecule has 1 aromatic heterocycles. The molecule has 4 atom stereocenters. The van der Waals surface area contributed by atoms with Gasteiger partial charge >= 0.3 is 0 Å². The molecular weight excluding hydrogens is 548 g/mol. The molecule has 3 aromatic rings. The minimum absolute atomic E-state index is 0.0429. The molecule has 0 radical (unpaired) electrons. The van der Waals surface area contributed by atoms with Crippen molar-refractivity contribution in [1.29, 1.82) is 0 Å². The van der Waals surface area contributed by atoms with E-state index in [-0.39, 0.29) is 42.1 Å². The Morgan fingerprint density at radius 2 is 1.75 bits per heavy atom. The SMILES string of the molecule is CCC(C)CN(CC(O)C(Cc1ccccc1)NC(=O)C(NC(C)=O)C(C)C)S(=O)(=O)c1ccc2ncsc2c1. The number of amides is 2. The first-order valence-electron chi connectivity index (χ1n) is 13.5. The maximum Gasteiger partial charge on any atom is 0.243 e. The second-order valence-corrected chi connectivity index (χ2v) is 13.4. The number of aromatic nitrogens is 1. The summed E-state index contributed by atoms with van der Waals surface area (Å²) in [6.45, 7) is 8.94. The number of hydrogen-bond acceptors (Lipinski definition) is 7. The van der Waals surface area contributed by atoms with Crippen LogP contribution in [0.2, 0.25) is 0 Å². The van der Waals surface area contributed by atoms with E-state index in [0.717, 1.165) is 22.2 Å². The maximum absolute atomic E-state index is 13.9. The fraction of sp³-hybridized carbons (Fsp3) is 0.483. The quantitative estimate of drug-likeness (QED) is 0.264. The van der Waals surface area contributed by atoms with Gasteiger partial charge in [0, 0.05) is 20.0 Å². The van der Waals surface area contributed by atoms with Crippen LogP contribution in [0, 0.1) is 11.8 Å². The minimum Gasteiger partial charge on any atom is -0.390 e.